The van der Waals surface area contributed by atoms with E-state index < -0.39 is 0 Å². The van der Waals surface area contributed by atoms with E-state index in [1.165, 1.54) is 13.2 Å². The van der Waals surface area contributed by atoms with Gasteiger partial charge in [0.05, 0.1) is 18.1 Å². The quantitative estimate of drug-likeness (QED) is 0.559. The molecule has 0 fully saturated rings. The lowest BCUT2D eigenvalue weighted by Gasteiger charge is -2.09. The van der Waals surface area contributed by atoms with Gasteiger partial charge in [-0.3, -0.25) is 9.63 Å². The zero-order valence-electron chi connectivity index (χ0n) is 13.6. The number of fused-ring (bicyclic) bond motifs is 1. The first-order valence-electron chi connectivity index (χ1n) is 7.73. The number of hydrogen-bond acceptors (Lipinski definition) is 3. The van der Waals surface area contributed by atoms with Gasteiger partial charge in [-0.1, -0.05) is 43.3 Å². The fourth-order valence-electron chi connectivity index (χ4n) is 2.54. The van der Waals surface area contributed by atoms with Crippen molar-refractivity contribution in [3.63, 3.8) is 0 Å². The summed E-state index contributed by atoms with van der Waals surface area (Å²) in [7, 11) is 1.40. The van der Waals surface area contributed by atoms with Gasteiger partial charge >= 0.3 is 0 Å². The minimum absolute atomic E-state index is 0.159. The van der Waals surface area contributed by atoms with Crippen LogP contribution in [0.2, 0.25) is 0 Å². The maximum atomic E-state index is 11.3. The van der Waals surface area contributed by atoms with Crippen molar-refractivity contribution >= 4 is 23.0 Å². The minimum atomic E-state index is -0.294. The number of para-hydroxylation sites is 2. The molecule has 0 aliphatic rings. The molecule has 0 saturated heterocycles. The van der Waals surface area contributed by atoms with Gasteiger partial charge in [-0.05, 0) is 29.3 Å². The second-order valence-corrected chi connectivity index (χ2v) is 5.53. The van der Waals surface area contributed by atoms with Gasteiger partial charge < -0.3 is 4.98 Å². The molecule has 0 radical (unpaired) electrons. The maximum Gasteiger partial charge on any atom is 0.267 e. The van der Waals surface area contributed by atoms with Crippen molar-refractivity contribution in [2.45, 2.75) is 12.8 Å². The molecule has 3 aromatic rings. The van der Waals surface area contributed by atoms with Crippen LogP contribution in [0.3, 0.4) is 0 Å². The van der Waals surface area contributed by atoms with Crippen LogP contribution in [0.5, 0.6) is 0 Å². The maximum absolute atomic E-state index is 11.3. The van der Waals surface area contributed by atoms with Crippen LogP contribution in [0, 0.1) is 0 Å². The standard InChI is InChI=1S/C19H19N3O2/c1-13(19-20-16-5-3-4-6-17(16)21-19)15-10-7-14(8-11-15)9-12-18(23)22-24-2/h3-13H,1-2H3,(H,20,21)(H,22,23)/b12-9+/t13-/m0/s1. The van der Waals surface area contributed by atoms with Crippen LogP contribution in [0.15, 0.2) is 54.6 Å². The Morgan fingerprint density at radius 1 is 1.21 bits per heavy atom. The summed E-state index contributed by atoms with van der Waals surface area (Å²) in [6, 6.07) is 16.1. The largest absolute Gasteiger partial charge is 0.341 e. The third-order valence-electron chi connectivity index (χ3n) is 3.88. The van der Waals surface area contributed by atoms with Gasteiger partial charge in [0, 0.05) is 12.0 Å². The lowest BCUT2D eigenvalue weighted by Crippen LogP contribution is -2.18. The predicted molar refractivity (Wildman–Crippen MR) is 94.2 cm³/mol. The Hall–Kier alpha value is -2.92. The van der Waals surface area contributed by atoms with Crippen LogP contribution in [0.1, 0.15) is 29.8 Å². The highest BCUT2D eigenvalue weighted by atomic mass is 16.6. The third kappa shape index (κ3) is 3.52. The summed E-state index contributed by atoms with van der Waals surface area (Å²) in [5, 5.41) is 0. The van der Waals surface area contributed by atoms with E-state index in [-0.39, 0.29) is 11.8 Å². The van der Waals surface area contributed by atoms with Gasteiger partial charge in [-0.25, -0.2) is 10.5 Å². The number of benzene rings is 2. The summed E-state index contributed by atoms with van der Waals surface area (Å²) < 4.78 is 0. The fourth-order valence-corrected chi connectivity index (χ4v) is 2.54. The normalized spacial score (nSPS) is 12.6. The molecule has 0 spiro atoms. The van der Waals surface area contributed by atoms with Gasteiger partial charge in [0.15, 0.2) is 0 Å². The van der Waals surface area contributed by atoms with E-state index in [1.54, 1.807) is 6.08 Å². The molecular weight excluding hydrogens is 302 g/mol. The third-order valence-corrected chi connectivity index (χ3v) is 3.88. The first-order valence-corrected chi connectivity index (χ1v) is 7.73. The van der Waals surface area contributed by atoms with E-state index in [0.717, 1.165) is 28.0 Å². The molecule has 1 heterocycles. The summed E-state index contributed by atoms with van der Waals surface area (Å²) in [6.07, 6.45) is 3.17. The molecule has 122 valence electrons. The summed E-state index contributed by atoms with van der Waals surface area (Å²) in [6.45, 7) is 2.12. The Morgan fingerprint density at radius 3 is 2.67 bits per heavy atom. The van der Waals surface area contributed by atoms with Crippen LogP contribution in [0.4, 0.5) is 0 Å². The average Bonchev–Trinajstić information content (AvgIpc) is 3.04. The summed E-state index contributed by atoms with van der Waals surface area (Å²) in [4.78, 5) is 23.9. The van der Waals surface area contributed by atoms with Crippen LogP contribution in [0.25, 0.3) is 17.1 Å². The van der Waals surface area contributed by atoms with E-state index in [1.807, 2.05) is 48.5 Å². The highest BCUT2D eigenvalue weighted by Crippen LogP contribution is 2.24. The average molecular weight is 321 g/mol. The smallest absolute Gasteiger partial charge is 0.267 e. The van der Waals surface area contributed by atoms with Crippen LogP contribution in [-0.2, 0) is 9.63 Å². The van der Waals surface area contributed by atoms with Crippen molar-refractivity contribution in [1.82, 2.24) is 15.4 Å². The number of aromatic nitrogens is 2. The lowest BCUT2D eigenvalue weighted by molar-refractivity contribution is -0.126. The molecule has 5 heteroatoms. The SMILES string of the molecule is CONC(=O)/C=C/c1ccc([C@H](C)c2nc3ccccc3[nH]2)cc1. The van der Waals surface area contributed by atoms with Gasteiger partial charge in [-0.15, -0.1) is 0 Å². The number of rotatable bonds is 5. The molecule has 5 nitrogen and oxygen atoms in total. The fraction of sp³-hybridized carbons (Fsp3) is 0.158. The Morgan fingerprint density at radius 2 is 1.96 bits per heavy atom. The molecular formula is C19H19N3O2. The Bertz CT molecular complexity index is 833. The van der Waals surface area contributed by atoms with Crippen LogP contribution < -0.4 is 5.48 Å². The van der Waals surface area contributed by atoms with E-state index in [2.05, 4.69) is 27.2 Å². The summed E-state index contributed by atoms with van der Waals surface area (Å²) in [5.41, 5.74) is 6.37. The van der Waals surface area contributed by atoms with Crippen LogP contribution in [-0.4, -0.2) is 23.0 Å². The summed E-state index contributed by atoms with van der Waals surface area (Å²) >= 11 is 0. The Balaban J connectivity index is 1.76. The molecule has 0 aliphatic heterocycles. The minimum Gasteiger partial charge on any atom is -0.341 e. The summed E-state index contributed by atoms with van der Waals surface area (Å²) in [5.74, 6) is 0.809. The first kappa shape index (κ1) is 16.0. The zero-order chi connectivity index (χ0) is 16.9. The highest BCUT2D eigenvalue weighted by molar-refractivity contribution is 5.90. The number of carbonyl (C=O) groups excluding carboxylic acids is 1. The van der Waals surface area contributed by atoms with E-state index in [4.69, 9.17) is 0 Å². The lowest BCUT2D eigenvalue weighted by atomic mass is 9.99. The van der Waals surface area contributed by atoms with Crippen molar-refractivity contribution in [3.05, 3.63) is 71.6 Å². The van der Waals surface area contributed by atoms with Crippen molar-refractivity contribution < 1.29 is 9.63 Å². The Kier molecular flexibility index (Phi) is 4.72. The molecule has 1 atom stereocenters. The Labute approximate surface area is 140 Å². The molecule has 0 aliphatic carbocycles. The molecule has 3 rings (SSSR count). The second-order valence-electron chi connectivity index (χ2n) is 5.53. The van der Waals surface area contributed by atoms with Gasteiger partial charge in [0.25, 0.3) is 5.91 Å². The number of carbonyl (C=O) groups is 1. The van der Waals surface area contributed by atoms with Crippen molar-refractivity contribution in [2.75, 3.05) is 7.11 Å². The van der Waals surface area contributed by atoms with Gasteiger partial charge in [-0.2, -0.15) is 0 Å². The number of amides is 1. The highest BCUT2D eigenvalue weighted by Gasteiger charge is 2.12. The van der Waals surface area contributed by atoms with Gasteiger partial charge in [0.1, 0.15) is 5.82 Å². The van der Waals surface area contributed by atoms with E-state index >= 15 is 0 Å². The number of H-pyrrole nitrogens is 1. The van der Waals surface area contributed by atoms with Crippen molar-refractivity contribution in [2.24, 2.45) is 0 Å². The van der Waals surface area contributed by atoms with E-state index in [0.29, 0.717) is 0 Å². The number of nitrogens with one attached hydrogen (secondary N) is 2. The molecule has 24 heavy (non-hydrogen) atoms. The first-order chi connectivity index (χ1) is 11.7. The van der Waals surface area contributed by atoms with Crippen molar-refractivity contribution in [3.8, 4) is 0 Å². The number of hydroxylamine groups is 1. The second kappa shape index (κ2) is 7.10. The molecule has 0 saturated carbocycles. The van der Waals surface area contributed by atoms with Crippen molar-refractivity contribution in [1.29, 1.82) is 0 Å². The monoisotopic (exact) mass is 321 g/mol. The van der Waals surface area contributed by atoms with Gasteiger partial charge in [0.2, 0.25) is 0 Å². The molecule has 2 aromatic carbocycles. The zero-order valence-corrected chi connectivity index (χ0v) is 13.6. The molecule has 0 unspecified atom stereocenters. The number of nitrogens with zero attached hydrogens (tertiary/aromatic N) is 1. The van der Waals surface area contributed by atoms with E-state index in [9.17, 15) is 4.79 Å². The van der Waals surface area contributed by atoms with Crippen LogP contribution >= 0.6 is 0 Å². The topological polar surface area (TPSA) is 67.0 Å². The number of hydrogen-bond donors (Lipinski definition) is 2. The molecule has 1 aromatic heterocycles. The molecule has 2 N–H and O–H groups in total. The molecule has 1 amide bonds. The predicted octanol–water partition coefficient (Wildman–Crippen LogP) is 3.41. The number of imidazole rings is 1. The molecule has 0 bridgehead atoms. The number of aromatic amines is 1.